The van der Waals surface area contributed by atoms with Gasteiger partial charge in [0.05, 0.1) is 17.6 Å². The molecule has 132 valence electrons. The summed E-state index contributed by atoms with van der Waals surface area (Å²) in [4.78, 5) is 38.0. The first-order chi connectivity index (χ1) is 12.5. The second-order valence-electron chi connectivity index (χ2n) is 5.66. The fourth-order valence-electron chi connectivity index (χ4n) is 2.44. The van der Waals surface area contributed by atoms with E-state index in [2.05, 4.69) is 21.2 Å². The van der Waals surface area contributed by atoms with E-state index in [4.69, 9.17) is 4.42 Å². The van der Waals surface area contributed by atoms with Gasteiger partial charge in [0.15, 0.2) is 11.2 Å². The highest BCUT2D eigenvalue weighted by molar-refractivity contribution is 9.10. The molecule has 0 aliphatic heterocycles. The minimum atomic E-state index is -0.546. The Labute approximate surface area is 157 Å². The largest absolute Gasteiger partial charge is 0.451 e. The fraction of sp³-hybridized carbons (Fsp3) is 0.105. The predicted octanol–water partition coefficient (Wildman–Crippen LogP) is 3.27. The van der Waals surface area contributed by atoms with E-state index < -0.39 is 5.91 Å². The fourth-order valence-corrected chi connectivity index (χ4v) is 2.82. The topological polar surface area (TPSA) is 79.6 Å². The lowest BCUT2D eigenvalue weighted by Gasteiger charge is -2.16. The van der Waals surface area contributed by atoms with Gasteiger partial charge in [0, 0.05) is 17.6 Å². The zero-order chi connectivity index (χ0) is 18.7. The number of carbonyl (C=O) groups is 2. The van der Waals surface area contributed by atoms with Gasteiger partial charge in [-0.15, -0.1) is 0 Å². The Kier molecular flexibility index (Phi) is 5.18. The van der Waals surface area contributed by atoms with Crippen molar-refractivity contribution in [1.82, 2.24) is 4.90 Å². The van der Waals surface area contributed by atoms with Gasteiger partial charge in [-0.05, 0) is 40.2 Å². The van der Waals surface area contributed by atoms with E-state index in [0.717, 1.165) is 10.5 Å². The zero-order valence-corrected chi connectivity index (χ0v) is 15.4. The van der Waals surface area contributed by atoms with Crippen molar-refractivity contribution in [2.24, 2.45) is 0 Å². The van der Waals surface area contributed by atoms with Crippen LogP contribution < -0.4 is 10.7 Å². The Hall–Kier alpha value is -2.93. The summed E-state index contributed by atoms with van der Waals surface area (Å²) in [6.07, 6.45) is 0. The lowest BCUT2D eigenvalue weighted by atomic mass is 10.2. The number of nitrogens with one attached hydrogen (secondary N) is 1. The third-order valence-corrected chi connectivity index (χ3v) is 4.41. The number of hydrogen-bond acceptors (Lipinski definition) is 4. The van der Waals surface area contributed by atoms with Crippen LogP contribution in [0.3, 0.4) is 0 Å². The van der Waals surface area contributed by atoms with Gasteiger partial charge in [-0.3, -0.25) is 14.4 Å². The Bertz CT molecular complexity index is 1040. The molecule has 0 radical (unpaired) electrons. The molecule has 0 aliphatic carbocycles. The van der Waals surface area contributed by atoms with E-state index in [1.165, 1.54) is 11.9 Å². The first-order valence-corrected chi connectivity index (χ1v) is 8.58. The summed E-state index contributed by atoms with van der Waals surface area (Å²) in [5.41, 5.74) is 0.631. The molecule has 1 heterocycles. The number of fused-ring (bicyclic) bond motifs is 1. The maximum Gasteiger partial charge on any atom is 0.289 e. The van der Waals surface area contributed by atoms with Gasteiger partial charge in [-0.2, -0.15) is 0 Å². The van der Waals surface area contributed by atoms with Gasteiger partial charge in [0.1, 0.15) is 5.58 Å². The molecule has 0 unspecified atom stereocenters. The maximum atomic E-state index is 12.5. The van der Waals surface area contributed by atoms with Crippen LogP contribution in [0.1, 0.15) is 10.6 Å². The average Bonchev–Trinajstić information content (AvgIpc) is 2.63. The molecule has 3 rings (SSSR count). The number of rotatable bonds is 4. The van der Waals surface area contributed by atoms with E-state index in [1.54, 1.807) is 42.5 Å². The number of para-hydroxylation sites is 2. The summed E-state index contributed by atoms with van der Waals surface area (Å²) >= 11 is 3.34. The molecule has 0 fully saturated rings. The Morgan fingerprint density at radius 3 is 2.58 bits per heavy atom. The van der Waals surface area contributed by atoms with Crippen LogP contribution in [0, 0.1) is 0 Å². The summed E-state index contributed by atoms with van der Waals surface area (Å²) in [5, 5.41) is 3.12. The molecular weight excluding hydrogens is 400 g/mol. The van der Waals surface area contributed by atoms with Gasteiger partial charge in [0.2, 0.25) is 5.91 Å². The highest BCUT2D eigenvalue weighted by atomic mass is 79.9. The highest BCUT2D eigenvalue weighted by Gasteiger charge is 2.19. The molecule has 0 saturated carbocycles. The summed E-state index contributed by atoms with van der Waals surface area (Å²) < 4.78 is 6.25. The van der Waals surface area contributed by atoms with Gasteiger partial charge in [0.25, 0.3) is 5.91 Å². The zero-order valence-electron chi connectivity index (χ0n) is 13.9. The Morgan fingerprint density at radius 1 is 1.12 bits per heavy atom. The first-order valence-electron chi connectivity index (χ1n) is 7.78. The molecule has 0 atom stereocenters. The van der Waals surface area contributed by atoms with Crippen LogP contribution in [0.4, 0.5) is 5.69 Å². The van der Waals surface area contributed by atoms with Crippen molar-refractivity contribution in [1.29, 1.82) is 0 Å². The van der Waals surface area contributed by atoms with E-state index in [0.29, 0.717) is 16.7 Å². The summed E-state index contributed by atoms with van der Waals surface area (Å²) in [6, 6.07) is 15.0. The third-order valence-electron chi connectivity index (χ3n) is 3.72. The molecule has 0 bridgehead atoms. The van der Waals surface area contributed by atoms with Crippen LogP contribution in [0.5, 0.6) is 0 Å². The minimum absolute atomic E-state index is 0.107. The molecule has 0 saturated heterocycles. The minimum Gasteiger partial charge on any atom is -0.451 e. The van der Waals surface area contributed by atoms with Crippen molar-refractivity contribution < 1.29 is 14.0 Å². The average molecular weight is 415 g/mol. The molecular formula is C19H15BrN2O4. The predicted molar refractivity (Wildman–Crippen MR) is 102 cm³/mol. The van der Waals surface area contributed by atoms with Crippen molar-refractivity contribution in [3.8, 4) is 0 Å². The molecule has 26 heavy (non-hydrogen) atoms. The molecule has 2 aromatic carbocycles. The van der Waals surface area contributed by atoms with Crippen LogP contribution in [0.2, 0.25) is 0 Å². The summed E-state index contributed by atoms with van der Waals surface area (Å²) in [6.45, 7) is -0.184. The number of amides is 2. The van der Waals surface area contributed by atoms with Gasteiger partial charge < -0.3 is 14.6 Å². The molecule has 1 aromatic heterocycles. The van der Waals surface area contributed by atoms with Gasteiger partial charge >= 0.3 is 0 Å². The van der Waals surface area contributed by atoms with Crippen LogP contribution >= 0.6 is 15.9 Å². The van der Waals surface area contributed by atoms with Crippen LogP contribution in [-0.4, -0.2) is 30.3 Å². The molecule has 7 heteroatoms. The molecule has 2 amide bonds. The molecule has 6 nitrogen and oxygen atoms in total. The van der Waals surface area contributed by atoms with Gasteiger partial charge in [-0.1, -0.05) is 24.3 Å². The van der Waals surface area contributed by atoms with Crippen LogP contribution in [-0.2, 0) is 4.79 Å². The number of likely N-dealkylation sites (N-methyl/N-ethyl adjacent to an activating group) is 1. The first kappa shape index (κ1) is 17.9. The normalized spacial score (nSPS) is 10.5. The van der Waals surface area contributed by atoms with Gasteiger partial charge in [-0.25, -0.2) is 0 Å². The number of carbonyl (C=O) groups excluding carboxylic acids is 2. The number of benzene rings is 2. The molecule has 0 aliphatic rings. The van der Waals surface area contributed by atoms with Crippen molar-refractivity contribution in [2.45, 2.75) is 0 Å². The van der Waals surface area contributed by atoms with Crippen molar-refractivity contribution >= 4 is 44.4 Å². The van der Waals surface area contributed by atoms with Crippen molar-refractivity contribution in [3.63, 3.8) is 0 Å². The quantitative estimate of drug-likeness (QED) is 0.710. The van der Waals surface area contributed by atoms with E-state index in [-0.39, 0.29) is 23.6 Å². The van der Waals surface area contributed by atoms with Crippen LogP contribution in [0.25, 0.3) is 11.0 Å². The SMILES string of the molecule is CN(CC(=O)Nc1ccccc1Br)C(=O)c1cc(=O)c2ccccc2o1. The summed E-state index contributed by atoms with van der Waals surface area (Å²) in [7, 11) is 1.47. The second-order valence-corrected chi connectivity index (χ2v) is 6.51. The number of anilines is 1. The lowest BCUT2D eigenvalue weighted by Crippen LogP contribution is -2.35. The Morgan fingerprint density at radius 2 is 1.81 bits per heavy atom. The van der Waals surface area contributed by atoms with E-state index in [9.17, 15) is 14.4 Å². The van der Waals surface area contributed by atoms with Crippen LogP contribution in [0.15, 0.2) is 68.3 Å². The number of halogens is 1. The highest BCUT2D eigenvalue weighted by Crippen LogP contribution is 2.21. The second kappa shape index (κ2) is 7.53. The monoisotopic (exact) mass is 414 g/mol. The van der Waals surface area contributed by atoms with E-state index >= 15 is 0 Å². The molecule has 1 N–H and O–H groups in total. The smallest absolute Gasteiger partial charge is 0.289 e. The molecule has 0 spiro atoms. The maximum absolute atomic E-state index is 12.5. The molecule has 3 aromatic rings. The lowest BCUT2D eigenvalue weighted by molar-refractivity contribution is -0.116. The Balaban J connectivity index is 1.74. The number of nitrogens with zero attached hydrogens (tertiary/aromatic N) is 1. The van der Waals surface area contributed by atoms with E-state index in [1.807, 2.05) is 6.07 Å². The number of hydrogen-bond donors (Lipinski definition) is 1. The van der Waals surface area contributed by atoms with Crippen molar-refractivity contribution in [3.05, 3.63) is 75.1 Å². The third kappa shape index (κ3) is 3.83. The standard InChI is InChI=1S/C19H15BrN2O4/c1-22(11-18(24)21-14-8-4-3-7-13(14)20)19(25)17-10-15(23)12-6-2-5-9-16(12)26-17/h2-10H,11H2,1H3,(H,21,24). The van der Waals surface area contributed by atoms with Crippen molar-refractivity contribution in [2.75, 3.05) is 18.9 Å². The summed E-state index contributed by atoms with van der Waals surface area (Å²) in [5.74, 6) is -1.02.